The maximum absolute atomic E-state index is 13.4. The Balaban J connectivity index is 2.40. The molecule has 200 valence electrons. The lowest BCUT2D eigenvalue weighted by molar-refractivity contribution is -0.136. The van der Waals surface area contributed by atoms with E-state index < -0.39 is 41.6 Å². The Morgan fingerprint density at radius 1 is 0.946 bits per heavy atom. The highest BCUT2D eigenvalue weighted by Crippen LogP contribution is 2.27. The summed E-state index contributed by atoms with van der Waals surface area (Å²) in [6.45, 7) is 9.97. The van der Waals surface area contributed by atoms with Crippen LogP contribution in [0.2, 0.25) is 0 Å². The molecule has 0 aliphatic rings. The largest absolute Gasteiger partial charge is 0.353 e. The molecule has 0 aliphatic carbocycles. The van der Waals surface area contributed by atoms with Crippen LogP contribution in [0.25, 0.3) is 16.3 Å². The van der Waals surface area contributed by atoms with Gasteiger partial charge >= 0.3 is 0 Å². The highest BCUT2D eigenvalue weighted by Gasteiger charge is 2.31. The van der Waals surface area contributed by atoms with E-state index >= 15 is 0 Å². The van der Waals surface area contributed by atoms with Gasteiger partial charge in [-0.2, -0.15) is 0 Å². The van der Waals surface area contributed by atoms with Crippen molar-refractivity contribution in [2.75, 3.05) is 13.1 Å². The average Bonchev–Trinajstić information content (AvgIpc) is 2.88. The molecular formula is C27H37N5O5. The Kier molecular flexibility index (Phi) is 11.2. The van der Waals surface area contributed by atoms with Gasteiger partial charge in [0.2, 0.25) is 23.6 Å². The molecule has 0 aromatic heterocycles. The van der Waals surface area contributed by atoms with Gasteiger partial charge in [-0.1, -0.05) is 62.9 Å². The van der Waals surface area contributed by atoms with Crippen LogP contribution in [0.3, 0.4) is 0 Å². The normalized spacial score (nSPS) is 13.4. The molecule has 2 aromatic rings. The second-order valence-electron chi connectivity index (χ2n) is 9.37. The molecule has 7 N–H and O–H groups in total. The zero-order valence-corrected chi connectivity index (χ0v) is 21.5. The van der Waals surface area contributed by atoms with Crippen molar-refractivity contribution in [2.45, 2.75) is 45.7 Å². The van der Waals surface area contributed by atoms with Gasteiger partial charge in [0.1, 0.15) is 12.1 Å². The van der Waals surface area contributed by atoms with Crippen LogP contribution in [0.5, 0.6) is 0 Å². The van der Waals surface area contributed by atoms with Gasteiger partial charge in [-0.05, 0) is 41.2 Å². The first kappa shape index (κ1) is 29.5. The standard InChI is InChI=1S/C27H37N5O5/c1-16(2)14-20(15-23(33)32-37)26(35)31-24(27(36)30-18(4)25(34)29-13-12-28)17(3)21-11-7-9-19-8-5-6-10-22(19)21/h5-11,16,18,20,24,37H,3,12-15,28H2,1-2,4H3,(H,29,34)(H,30,36)(H,31,35)(H,32,33). The number of benzene rings is 2. The summed E-state index contributed by atoms with van der Waals surface area (Å²) in [5, 5.41) is 18.7. The van der Waals surface area contributed by atoms with Gasteiger partial charge in [0.25, 0.3) is 0 Å². The number of rotatable bonds is 13. The lowest BCUT2D eigenvalue weighted by Gasteiger charge is -2.26. The third-order valence-corrected chi connectivity index (χ3v) is 5.91. The minimum absolute atomic E-state index is 0.0713. The van der Waals surface area contributed by atoms with Crippen LogP contribution in [0.4, 0.5) is 0 Å². The Hall–Kier alpha value is -3.76. The van der Waals surface area contributed by atoms with Crippen LogP contribution in [0.1, 0.15) is 39.2 Å². The lowest BCUT2D eigenvalue weighted by Crippen LogP contribution is -2.54. The molecule has 0 saturated heterocycles. The van der Waals surface area contributed by atoms with E-state index in [0.717, 1.165) is 10.8 Å². The Bertz CT molecular complexity index is 1130. The summed E-state index contributed by atoms with van der Waals surface area (Å²) >= 11 is 0. The summed E-state index contributed by atoms with van der Waals surface area (Å²) < 4.78 is 0. The van der Waals surface area contributed by atoms with Crippen molar-refractivity contribution in [1.82, 2.24) is 21.4 Å². The molecule has 0 aliphatic heterocycles. The van der Waals surface area contributed by atoms with E-state index in [1.54, 1.807) is 11.5 Å². The summed E-state index contributed by atoms with van der Waals surface area (Å²) in [5.41, 5.74) is 7.97. The van der Waals surface area contributed by atoms with Crippen molar-refractivity contribution in [3.8, 4) is 0 Å². The molecule has 0 fully saturated rings. The molecule has 3 unspecified atom stereocenters. The van der Waals surface area contributed by atoms with Crippen LogP contribution < -0.4 is 27.2 Å². The van der Waals surface area contributed by atoms with Crippen LogP contribution >= 0.6 is 0 Å². The molecule has 37 heavy (non-hydrogen) atoms. The van der Waals surface area contributed by atoms with Crippen molar-refractivity contribution in [2.24, 2.45) is 17.6 Å². The number of carbonyl (C=O) groups excluding carboxylic acids is 4. The fourth-order valence-corrected chi connectivity index (χ4v) is 4.06. The third-order valence-electron chi connectivity index (χ3n) is 5.91. The molecule has 0 bridgehead atoms. The fraction of sp³-hybridized carbons (Fsp3) is 0.407. The number of nitrogens with one attached hydrogen (secondary N) is 4. The van der Waals surface area contributed by atoms with Crippen molar-refractivity contribution in [3.63, 3.8) is 0 Å². The van der Waals surface area contributed by atoms with E-state index in [-0.39, 0.29) is 25.4 Å². The molecule has 3 atom stereocenters. The maximum atomic E-state index is 13.4. The quantitative estimate of drug-likeness (QED) is 0.176. The van der Waals surface area contributed by atoms with Crippen LogP contribution in [-0.4, -0.2) is 54.0 Å². The Morgan fingerprint density at radius 2 is 1.62 bits per heavy atom. The predicted molar refractivity (Wildman–Crippen MR) is 142 cm³/mol. The van der Waals surface area contributed by atoms with Gasteiger partial charge in [0, 0.05) is 25.4 Å². The average molecular weight is 512 g/mol. The summed E-state index contributed by atoms with van der Waals surface area (Å²) in [5.74, 6) is -3.03. The van der Waals surface area contributed by atoms with Crippen molar-refractivity contribution >= 4 is 40.0 Å². The molecule has 4 amide bonds. The molecule has 10 nitrogen and oxygen atoms in total. The summed E-state index contributed by atoms with van der Waals surface area (Å²) in [6.07, 6.45) is 0.0970. The van der Waals surface area contributed by atoms with E-state index in [0.29, 0.717) is 17.6 Å². The van der Waals surface area contributed by atoms with Crippen molar-refractivity contribution < 1.29 is 24.4 Å². The SMILES string of the molecule is C=C(c1cccc2ccccc12)C(NC(=O)C(CC(=O)NO)CC(C)C)C(=O)NC(C)C(=O)NCCN. The number of nitrogens with two attached hydrogens (primary N) is 1. The highest BCUT2D eigenvalue weighted by atomic mass is 16.5. The predicted octanol–water partition coefficient (Wildman–Crippen LogP) is 1.48. The van der Waals surface area contributed by atoms with Crippen molar-refractivity contribution in [3.05, 3.63) is 54.6 Å². The molecule has 0 spiro atoms. The molecule has 0 radical (unpaired) electrons. The smallest absolute Gasteiger partial charge is 0.247 e. The molecule has 0 heterocycles. The zero-order chi connectivity index (χ0) is 27.5. The van der Waals surface area contributed by atoms with Gasteiger partial charge in [-0.25, -0.2) is 5.48 Å². The fourth-order valence-electron chi connectivity index (χ4n) is 4.06. The Morgan fingerprint density at radius 3 is 2.27 bits per heavy atom. The molecule has 0 saturated carbocycles. The van der Waals surface area contributed by atoms with Gasteiger partial charge in [-0.15, -0.1) is 0 Å². The second kappa shape index (κ2) is 14.1. The van der Waals surface area contributed by atoms with Crippen LogP contribution in [-0.2, 0) is 19.2 Å². The van der Waals surface area contributed by atoms with Gasteiger partial charge in [0.15, 0.2) is 0 Å². The first-order chi connectivity index (χ1) is 17.6. The number of carbonyl (C=O) groups is 4. The minimum atomic E-state index is -1.23. The number of hydrogen-bond acceptors (Lipinski definition) is 6. The monoisotopic (exact) mass is 511 g/mol. The zero-order valence-electron chi connectivity index (χ0n) is 21.5. The third kappa shape index (κ3) is 8.40. The van der Waals surface area contributed by atoms with Crippen molar-refractivity contribution in [1.29, 1.82) is 0 Å². The van der Waals surface area contributed by atoms with Crippen LogP contribution in [0, 0.1) is 11.8 Å². The number of hydroxylamine groups is 1. The lowest BCUT2D eigenvalue weighted by atomic mass is 9.90. The summed E-state index contributed by atoms with van der Waals surface area (Å²) in [6, 6.07) is 11.0. The van der Waals surface area contributed by atoms with Crippen LogP contribution in [0.15, 0.2) is 49.0 Å². The maximum Gasteiger partial charge on any atom is 0.247 e. The molecular weight excluding hydrogens is 474 g/mol. The summed E-state index contributed by atoms with van der Waals surface area (Å²) in [7, 11) is 0. The Labute approximate surface area is 217 Å². The van der Waals surface area contributed by atoms with E-state index in [1.807, 2.05) is 50.2 Å². The highest BCUT2D eigenvalue weighted by molar-refractivity contribution is 6.05. The van der Waals surface area contributed by atoms with Gasteiger partial charge < -0.3 is 21.7 Å². The number of amides is 4. The van der Waals surface area contributed by atoms with E-state index in [9.17, 15) is 19.2 Å². The van der Waals surface area contributed by atoms with Gasteiger partial charge in [-0.3, -0.25) is 24.4 Å². The second-order valence-corrected chi connectivity index (χ2v) is 9.37. The van der Waals surface area contributed by atoms with E-state index in [2.05, 4.69) is 22.5 Å². The first-order valence-corrected chi connectivity index (χ1v) is 12.3. The van der Waals surface area contributed by atoms with E-state index in [1.165, 1.54) is 6.92 Å². The minimum Gasteiger partial charge on any atom is -0.353 e. The topological polar surface area (TPSA) is 163 Å². The molecule has 2 rings (SSSR count). The number of hydrogen-bond donors (Lipinski definition) is 6. The van der Waals surface area contributed by atoms with E-state index in [4.69, 9.17) is 10.9 Å². The first-order valence-electron chi connectivity index (χ1n) is 12.3. The number of fused-ring (bicyclic) bond motifs is 1. The molecule has 2 aromatic carbocycles. The molecule has 10 heteroatoms. The van der Waals surface area contributed by atoms with Gasteiger partial charge in [0.05, 0.1) is 0 Å². The summed E-state index contributed by atoms with van der Waals surface area (Å²) in [4.78, 5) is 50.9.